The van der Waals surface area contributed by atoms with Gasteiger partial charge in [-0.25, -0.2) is 9.59 Å². The molecular formula is C20H24O7. The maximum atomic E-state index is 12.2. The van der Waals surface area contributed by atoms with E-state index in [0.29, 0.717) is 24.7 Å². The van der Waals surface area contributed by atoms with Crippen LogP contribution >= 0.6 is 0 Å². The molecule has 146 valence electrons. The van der Waals surface area contributed by atoms with Gasteiger partial charge in [-0.1, -0.05) is 19.2 Å². The molecule has 0 aromatic heterocycles. The Kier molecular flexibility index (Phi) is 6.87. The van der Waals surface area contributed by atoms with Gasteiger partial charge in [0.1, 0.15) is 24.6 Å². The van der Waals surface area contributed by atoms with Gasteiger partial charge in [-0.15, -0.1) is 0 Å². The molecule has 0 amide bonds. The molecule has 0 spiro atoms. The highest BCUT2D eigenvalue weighted by atomic mass is 16.6. The van der Waals surface area contributed by atoms with Crippen molar-refractivity contribution in [2.24, 2.45) is 5.92 Å². The summed E-state index contributed by atoms with van der Waals surface area (Å²) < 4.78 is 16.4. The number of hydrogen-bond acceptors (Lipinski definition) is 7. The smallest absolute Gasteiger partial charge is 0.334 e. The molecular weight excluding hydrogens is 352 g/mol. The molecule has 0 bridgehead atoms. The fourth-order valence-corrected chi connectivity index (χ4v) is 3.24. The largest absolute Gasteiger partial charge is 0.455 e. The van der Waals surface area contributed by atoms with Crippen LogP contribution in [-0.4, -0.2) is 55.4 Å². The van der Waals surface area contributed by atoms with E-state index in [1.807, 2.05) is 0 Å². The van der Waals surface area contributed by atoms with E-state index in [-0.39, 0.29) is 23.3 Å². The summed E-state index contributed by atoms with van der Waals surface area (Å²) in [5.74, 6) is -2.07. The van der Waals surface area contributed by atoms with Gasteiger partial charge in [0.05, 0.1) is 12.5 Å². The summed E-state index contributed by atoms with van der Waals surface area (Å²) in [7, 11) is 1.39. The van der Waals surface area contributed by atoms with E-state index in [0.717, 1.165) is 0 Å². The second-order valence-electron chi connectivity index (χ2n) is 6.57. The molecule has 4 atom stereocenters. The lowest BCUT2D eigenvalue weighted by Gasteiger charge is -2.32. The monoisotopic (exact) mass is 376 g/mol. The van der Waals surface area contributed by atoms with Crippen LogP contribution in [0.1, 0.15) is 19.8 Å². The van der Waals surface area contributed by atoms with Crippen molar-refractivity contribution in [3.8, 4) is 0 Å². The Labute approximate surface area is 158 Å². The van der Waals surface area contributed by atoms with Crippen molar-refractivity contribution >= 4 is 18.2 Å². The zero-order valence-electron chi connectivity index (χ0n) is 15.5. The molecule has 2 rings (SSSR count). The number of allylic oxidation sites excluding steroid dienone is 1. The van der Waals surface area contributed by atoms with E-state index < -0.39 is 36.2 Å². The highest BCUT2D eigenvalue weighted by Crippen LogP contribution is 2.37. The quantitative estimate of drug-likeness (QED) is 0.335. The van der Waals surface area contributed by atoms with Crippen LogP contribution in [0.3, 0.4) is 0 Å². The first kappa shape index (κ1) is 20.8. The van der Waals surface area contributed by atoms with Gasteiger partial charge in [0.2, 0.25) is 0 Å². The molecule has 0 unspecified atom stereocenters. The molecule has 0 aromatic rings. The average Bonchev–Trinajstić information content (AvgIpc) is 2.92. The topological polar surface area (TPSA) is 99.1 Å². The van der Waals surface area contributed by atoms with Crippen molar-refractivity contribution in [2.45, 2.75) is 38.1 Å². The number of fused-ring (bicyclic) bond motifs is 1. The van der Waals surface area contributed by atoms with Crippen LogP contribution in [0.2, 0.25) is 0 Å². The third-order valence-electron chi connectivity index (χ3n) is 4.67. The summed E-state index contributed by atoms with van der Waals surface area (Å²) >= 11 is 0. The highest BCUT2D eigenvalue weighted by Gasteiger charge is 2.48. The number of aldehydes is 1. The molecule has 1 N–H and O–H groups in total. The van der Waals surface area contributed by atoms with E-state index in [4.69, 9.17) is 14.2 Å². The minimum absolute atomic E-state index is 0.112. The Morgan fingerprint density at radius 2 is 2.19 bits per heavy atom. The number of carbonyl (C=O) groups excluding carboxylic acids is 3. The van der Waals surface area contributed by atoms with Crippen LogP contribution in [0.5, 0.6) is 0 Å². The van der Waals surface area contributed by atoms with Gasteiger partial charge in [0.15, 0.2) is 0 Å². The first-order valence-electron chi connectivity index (χ1n) is 8.58. The van der Waals surface area contributed by atoms with Crippen molar-refractivity contribution in [3.05, 3.63) is 47.6 Å². The lowest BCUT2D eigenvalue weighted by atomic mass is 9.83. The Morgan fingerprint density at radius 1 is 1.48 bits per heavy atom. The number of aliphatic hydroxyl groups is 1. The summed E-state index contributed by atoms with van der Waals surface area (Å²) in [5.41, 5.74) is 1.20. The number of ether oxygens (including phenoxy) is 3. The Balaban J connectivity index is 2.59. The van der Waals surface area contributed by atoms with Crippen molar-refractivity contribution in [3.63, 3.8) is 0 Å². The van der Waals surface area contributed by atoms with E-state index >= 15 is 0 Å². The molecule has 1 aliphatic carbocycles. The zero-order chi connectivity index (χ0) is 20.1. The average molecular weight is 376 g/mol. The van der Waals surface area contributed by atoms with Gasteiger partial charge in [-0.05, 0) is 31.4 Å². The number of esters is 2. The molecule has 0 saturated carbocycles. The van der Waals surface area contributed by atoms with E-state index in [1.54, 1.807) is 12.2 Å². The van der Waals surface area contributed by atoms with Crippen LogP contribution in [0.4, 0.5) is 0 Å². The van der Waals surface area contributed by atoms with Crippen LogP contribution in [0.25, 0.3) is 0 Å². The van der Waals surface area contributed by atoms with Crippen molar-refractivity contribution in [2.75, 3.05) is 13.7 Å². The molecule has 1 heterocycles. The summed E-state index contributed by atoms with van der Waals surface area (Å²) in [4.78, 5) is 36.0. The van der Waals surface area contributed by atoms with Gasteiger partial charge in [0, 0.05) is 23.8 Å². The lowest BCUT2D eigenvalue weighted by molar-refractivity contribution is -0.155. The number of aliphatic hydroxyl groups excluding tert-OH is 1. The minimum Gasteiger partial charge on any atom is -0.455 e. The molecule has 27 heavy (non-hydrogen) atoms. The summed E-state index contributed by atoms with van der Waals surface area (Å²) in [6.45, 7) is 8.61. The Hall–Kier alpha value is -2.51. The second-order valence-corrected chi connectivity index (χ2v) is 6.57. The second kappa shape index (κ2) is 8.92. The molecule has 7 heteroatoms. The standard InChI is InChI=1S/C20H24O7/c1-11(2)19(23)27-18-16-12(3)20(24)26-15(16)8-13(9-21)6-5-7-14(10-22)17(18)25-4/h7-8,10,15-18,21H,1,3,5-6,9H2,2,4H3/b13-8-,14-7+/t15-,16+,17+,18+/m1/s1. The molecule has 2 aliphatic rings. The minimum atomic E-state index is -1.03. The predicted octanol–water partition coefficient (Wildman–Crippen LogP) is 1.42. The van der Waals surface area contributed by atoms with Crippen LogP contribution in [0, 0.1) is 5.92 Å². The van der Waals surface area contributed by atoms with Gasteiger partial charge >= 0.3 is 11.9 Å². The maximum Gasteiger partial charge on any atom is 0.334 e. The molecule has 0 aromatic carbocycles. The lowest BCUT2D eigenvalue weighted by Crippen LogP contribution is -2.44. The number of methoxy groups -OCH3 is 1. The first-order valence-corrected chi connectivity index (χ1v) is 8.58. The van der Waals surface area contributed by atoms with E-state index in [9.17, 15) is 19.5 Å². The van der Waals surface area contributed by atoms with Gasteiger partial charge in [-0.3, -0.25) is 4.79 Å². The molecule has 1 aliphatic heterocycles. The van der Waals surface area contributed by atoms with Crippen molar-refractivity contribution in [1.82, 2.24) is 0 Å². The molecule has 1 saturated heterocycles. The van der Waals surface area contributed by atoms with Gasteiger partial charge < -0.3 is 19.3 Å². The number of carbonyl (C=O) groups is 3. The predicted molar refractivity (Wildman–Crippen MR) is 96.6 cm³/mol. The molecule has 0 radical (unpaired) electrons. The maximum absolute atomic E-state index is 12.2. The fraction of sp³-hybridized carbons (Fsp3) is 0.450. The van der Waals surface area contributed by atoms with Crippen molar-refractivity contribution in [1.29, 1.82) is 0 Å². The molecule has 1 fully saturated rings. The van der Waals surface area contributed by atoms with Crippen molar-refractivity contribution < 1.29 is 33.7 Å². The van der Waals surface area contributed by atoms with E-state index in [2.05, 4.69) is 13.2 Å². The normalized spacial score (nSPS) is 32.3. The van der Waals surface area contributed by atoms with Crippen LogP contribution < -0.4 is 0 Å². The third-order valence-corrected chi connectivity index (χ3v) is 4.67. The van der Waals surface area contributed by atoms with Crippen LogP contribution in [0.15, 0.2) is 47.6 Å². The van der Waals surface area contributed by atoms with E-state index in [1.165, 1.54) is 14.0 Å². The fourth-order valence-electron chi connectivity index (χ4n) is 3.24. The SMILES string of the molecule is C=C(C)C(=O)O[C@H]1[C@H]2C(=C)C(=O)O[C@@H]2/C=C(\CO)CC/C=C(\C=O)[C@@H]1OC. The van der Waals surface area contributed by atoms with Gasteiger partial charge in [-0.2, -0.15) is 0 Å². The summed E-state index contributed by atoms with van der Waals surface area (Å²) in [6.07, 6.45) is 2.17. The molecule has 7 nitrogen and oxygen atoms in total. The van der Waals surface area contributed by atoms with Crippen LogP contribution in [-0.2, 0) is 28.6 Å². The first-order chi connectivity index (χ1) is 12.8. The summed E-state index contributed by atoms with van der Waals surface area (Å²) in [5, 5.41) is 9.58. The number of hydrogen-bond donors (Lipinski definition) is 1. The van der Waals surface area contributed by atoms with Gasteiger partial charge in [0.25, 0.3) is 0 Å². The zero-order valence-corrected chi connectivity index (χ0v) is 15.5. The number of rotatable bonds is 5. The Morgan fingerprint density at radius 3 is 2.74 bits per heavy atom. The highest BCUT2D eigenvalue weighted by molar-refractivity contribution is 5.92. The Bertz CT molecular complexity index is 716. The summed E-state index contributed by atoms with van der Waals surface area (Å²) in [6, 6.07) is 0. The third kappa shape index (κ3) is 4.43.